The Balaban J connectivity index is 0. The molecule has 0 atom stereocenters. The first-order valence-electron chi connectivity index (χ1n) is 7.01. The van der Waals surface area contributed by atoms with Gasteiger partial charge in [0.25, 0.3) is 0 Å². The minimum Gasteiger partial charge on any atom is -0.295 e. The lowest BCUT2D eigenvalue weighted by atomic mass is 10.1. The molecule has 0 aliphatic heterocycles. The van der Waals surface area contributed by atoms with Crippen LogP contribution in [-0.4, -0.2) is 5.78 Å². The van der Waals surface area contributed by atoms with Gasteiger partial charge >= 0.3 is 0 Å². The summed E-state index contributed by atoms with van der Waals surface area (Å²) in [6.07, 6.45) is 5.38. The molecule has 0 amide bonds. The van der Waals surface area contributed by atoms with E-state index in [1.54, 1.807) is 12.5 Å². The van der Waals surface area contributed by atoms with E-state index in [0.29, 0.717) is 0 Å². The second-order valence-corrected chi connectivity index (χ2v) is 5.42. The van der Waals surface area contributed by atoms with E-state index in [-0.39, 0.29) is 5.78 Å². The van der Waals surface area contributed by atoms with Gasteiger partial charge in [-0.3, -0.25) is 4.79 Å². The van der Waals surface area contributed by atoms with Gasteiger partial charge in [0.05, 0.1) is 0 Å². The van der Waals surface area contributed by atoms with E-state index in [4.69, 9.17) is 0 Å². The van der Waals surface area contributed by atoms with Crippen molar-refractivity contribution in [3.63, 3.8) is 0 Å². The van der Waals surface area contributed by atoms with Crippen molar-refractivity contribution in [2.75, 3.05) is 0 Å². The number of hydrogen-bond acceptors (Lipinski definition) is 1. The number of rotatable bonds is 5. The average molecular weight is 252 g/mol. The Morgan fingerprint density at radius 3 is 1.50 bits per heavy atom. The summed E-state index contributed by atoms with van der Waals surface area (Å²) in [6, 6.07) is 0. The molecule has 0 saturated heterocycles. The number of hydrogen-bond donors (Lipinski definition) is 0. The summed E-state index contributed by atoms with van der Waals surface area (Å²) in [5, 5.41) is 0. The van der Waals surface area contributed by atoms with Crippen molar-refractivity contribution in [2.45, 2.75) is 81.1 Å². The summed E-state index contributed by atoms with van der Waals surface area (Å²) in [6.45, 7) is 16.2. The van der Waals surface area contributed by atoms with Crippen molar-refractivity contribution in [1.29, 1.82) is 0 Å². The van der Waals surface area contributed by atoms with Crippen molar-refractivity contribution in [1.82, 2.24) is 0 Å². The van der Waals surface area contributed by atoms with E-state index >= 15 is 0 Å². The molecule has 0 heterocycles. The Labute approximate surface area is 114 Å². The molecule has 0 bridgehead atoms. The smallest absolute Gasteiger partial charge is 0.155 e. The van der Waals surface area contributed by atoms with E-state index in [2.05, 4.69) is 27.7 Å². The zero-order chi connectivity index (χ0) is 14.7. The molecule has 0 saturated carbocycles. The molecule has 0 rings (SSSR count). The third-order valence-corrected chi connectivity index (χ3v) is 3.29. The van der Waals surface area contributed by atoms with Crippen LogP contribution < -0.4 is 0 Å². The molecule has 0 aromatic rings. The van der Waals surface area contributed by atoms with Gasteiger partial charge in [-0.2, -0.15) is 0 Å². The van der Waals surface area contributed by atoms with Crippen LogP contribution in [0.3, 0.4) is 0 Å². The fraction of sp³-hybridized carbons (Fsp3) is 0.706. The van der Waals surface area contributed by atoms with Crippen molar-refractivity contribution >= 4 is 5.78 Å². The van der Waals surface area contributed by atoms with Crippen molar-refractivity contribution in [2.24, 2.45) is 0 Å². The van der Waals surface area contributed by atoms with E-state index in [1.165, 1.54) is 31.3 Å². The van der Waals surface area contributed by atoms with Gasteiger partial charge in [0.1, 0.15) is 0 Å². The Morgan fingerprint density at radius 2 is 1.28 bits per heavy atom. The summed E-state index contributed by atoms with van der Waals surface area (Å²) in [7, 11) is 0. The van der Waals surface area contributed by atoms with Crippen LogP contribution in [0.1, 0.15) is 81.1 Å². The fourth-order valence-electron chi connectivity index (χ4n) is 1.24. The van der Waals surface area contributed by atoms with Gasteiger partial charge < -0.3 is 0 Å². The van der Waals surface area contributed by atoms with Crippen LogP contribution in [-0.2, 0) is 4.79 Å². The minimum absolute atomic E-state index is 0.171. The molecule has 18 heavy (non-hydrogen) atoms. The summed E-state index contributed by atoms with van der Waals surface area (Å²) in [5.74, 6) is 0.171. The third-order valence-electron chi connectivity index (χ3n) is 3.29. The predicted molar refractivity (Wildman–Crippen MR) is 82.9 cm³/mol. The molecular weight excluding hydrogens is 220 g/mol. The lowest BCUT2D eigenvalue weighted by Gasteiger charge is -2.01. The summed E-state index contributed by atoms with van der Waals surface area (Å²) in [5.41, 5.74) is 5.06. The van der Waals surface area contributed by atoms with Gasteiger partial charge in [0, 0.05) is 0 Å². The number of allylic oxidation sites excluding steroid dienone is 4. The maximum atomic E-state index is 10.5. The van der Waals surface area contributed by atoms with Crippen LogP contribution in [0.2, 0.25) is 0 Å². The molecular formula is C17H32O. The van der Waals surface area contributed by atoms with Crippen molar-refractivity contribution in [3.05, 3.63) is 22.3 Å². The monoisotopic (exact) mass is 252 g/mol. The molecule has 0 N–H and O–H groups in total. The maximum absolute atomic E-state index is 10.5. The molecule has 0 aromatic carbocycles. The second kappa shape index (κ2) is 11.3. The highest BCUT2D eigenvalue weighted by molar-refractivity contribution is 5.93. The van der Waals surface area contributed by atoms with Gasteiger partial charge in [0.2, 0.25) is 0 Å². The van der Waals surface area contributed by atoms with Gasteiger partial charge in [-0.05, 0) is 66.9 Å². The second-order valence-electron chi connectivity index (χ2n) is 5.42. The molecule has 1 heteroatoms. The number of ketones is 1. The van der Waals surface area contributed by atoms with Gasteiger partial charge in [-0.1, -0.05) is 36.5 Å². The Bertz CT molecular complexity index is 298. The fourth-order valence-corrected chi connectivity index (χ4v) is 1.24. The maximum Gasteiger partial charge on any atom is 0.155 e. The molecule has 0 aliphatic carbocycles. The van der Waals surface area contributed by atoms with Crippen LogP contribution in [0.15, 0.2) is 22.3 Å². The quantitative estimate of drug-likeness (QED) is 0.340. The molecule has 0 aromatic heterocycles. The first-order chi connectivity index (χ1) is 8.23. The molecule has 0 aliphatic rings. The highest BCUT2D eigenvalue weighted by Gasteiger charge is 1.95. The zero-order valence-corrected chi connectivity index (χ0v) is 13.7. The Hall–Kier alpha value is -0.850. The number of carbonyl (C=O) groups is 1. The summed E-state index contributed by atoms with van der Waals surface area (Å²) in [4.78, 5) is 10.5. The highest BCUT2D eigenvalue weighted by atomic mass is 16.1. The van der Waals surface area contributed by atoms with E-state index in [9.17, 15) is 4.79 Å². The molecule has 0 unspecified atom stereocenters. The largest absolute Gasteiger partial charge is 0.295 e. The first kappa shape index (κ1) is 19.5. The van der Waals surface area contributed by atoms with Gasteiger partial charge in [-0.25, -0.2) is 0 Å². The average Bonchev–Trinajstić information content (AvgIpc) is 2.28. The van der Waals surface area contributed by atoms with E-state index < -0.39 is 0 Å². The lowest BCUT2D eigenvalue weighted by molar-refractivity contribution is -0.113. The first-order valence-corrected chi connectivity index (χ1v) is 7.01. The molecule has 106 valence electrons. The molecule has 0 fully saturated rings. The summed E-state index contributed by atoms with van der Waals surface area (Å²) < 4.78 is 0. The van der Waals surface area contributed by atoms with Crippen LogP contribution in [0.4, 0.5) is 0 Å². The van der Waals surface area contributed by atoms with Crippen LogP contribution in [0.25, 0.3) is 0 Å². The van der Waals surface area contributed by atoms with Crippen LogP contribution >= 0.6 is 0 Å². The van der Waals surface area contributed by atoms with Crippen LogP contribution in [0.5, 0.6) is 0 Å². The SMILES string of the molecule is CC(=O)C(C)=C(C)C.CCCCCC(C)=C(C)C. The highest BCUT2D eigenvalue weighted by Crippen LogP contribution is 2.11. The predicted octanol–water partition coefficient (Wildman–Crippen LogP) is 5.85. The van der Waals surface area contributed by atoms with E-state index in [1.807, 2.05) is 20.8 Å². The molecule has 0 radical (unpaired) electrons. The normalized spacial score (nSPS) is 9.11. The minimum atomic E-state index is 0.171. The van der Waals surface area contributed by atoms with E-state index in [0.717, 1.165) is 11.1 Å². The standard InChI is InChI=1S/C10H20.C7H12O/c1-5-6-7-8-10(4)9(2)3;1-5(2)6(3)7(4)8/h5-8H2,1-4H3;1-4H3. The van der Waals surface area contributed by atoms with Crippen molar-refractivity contribution < 1.29 is 4.79 Å². The third kappa shape index (κ3) is 11.6. The summed E-state index contributed by atoms with van der Waals surface area (Å²) >= 11 is 0. The topological polar surface area (TPSA) is 17.1 Å². The zero-order valence-electron chi connectivity index (χ0n) is 13.7. The van der Waals surface area contributed by atoms with Gasteiger partial charge in [-0.15, -0.1) is 0 Å². The Morgan fingerprint density at radius 1 is 0.778 bits per heavy atom. The number of Topliss-reactive ketones (excluding diaryl/α,β-unsaturated/α-hetero) is 1. The van der Waals surface area contributed by atoms with Gasteiger partial charge in [0.15, 0.2) is 5.78 Å². The van der Waals surface area contributed by atoms with Crippen LogP contribution in [0, 0.1) is 0 Å². The lowest BCUT2D eigenvalue weighted by Crippen LogP contribution is -1.92. The number of carbonyl (C=O) groups excluding carboxylic acids is 1. The number of unbranched alkanes of at least 4 members (excludes halogenated alkanes) is 2. The Kier molecular flexibility index (Phi) is 12.2. The molecule has 1 nitrogen and oxygen atoms in total. The van der Waals surface area contributed by atoms with Crippen molar-refractivity contribution in [3.8, 4) is 0 Å². The molecule has 0 spiro atoms.